The zero-order valence-corrected chi connectivity index (χ0v) is 12.8. The maximum absolute atomic E-state index is 11.7. The Bertz CT molecular complexity index is 526. The first kappa shape index (κ1) is 14.9. The van der Waals surface area contributed by atoms with E-state index in [1.165, 1.54) is 6.26 Å². The molecule has 1 aromatic heterocycles. The van der Waals surface area contributed by atoms with Crippen LogP contribution in [0.25, 0.3) is 0 Å². The van der Waals surface area contributed by atoms with Crippen molar-refractivity contribution in [3.05, 3.63) is 23.1 Å². The minimum Gasteiger partial charge on any atom is -0.448 e. The van der Waals surface area contributed by atoms with E-state index in [4.69, 9.17) is 16.0 Å². The topological polar surface area (TPSA) is 59.3 Å². The van der Waals surface area contributed by atoms with Crippen LogP contribution in [0.4, 0.5) is 0 Å². The van der Waals surface area contributed by atoms with Gasteiger partial charge in [0.15, 0.2) is 5.22 Å². The van der Waals surface area contributed by atoms with E-state index < -0.39 is 9.84 Å². The van der Waals surface area contributed by atoms with Gasteiger partial charge in [-0.15, -0.1) is 0 Å². The van der Waals surface area contributed by atoms with Crippen LogP contribution >= 0.6 is 11.6 Å². The predicted molar refractivity (Wildman–Crippen MR) is 76.1 cm³/mol. The van der Waals surface area contributed by atoms with Crippen molar-refractivity contribution in [2.24, 2.45) is 5.92 Å². The van der Waals surface area contributed by atoms with Gasteiger partial charge in [-0.3, -0.25) is 0 Å². The molecule has 3 atom stereocenters. The zero-order valence-electron chi connectivity index (χ0n) is 11.2. The molecule has 19 heavy (non-hydrogen) atoms. The normalized spacial score (nSPS) is 26.3. The smallest absolute Gasteiger partial charge is 0.193 e. The number of nitrogens with one attached hydrogen (secondary N) is 1. The van der Waals surface area contributed by atoms with Gasteiger partial charge in [0.1, 0.15) is 15.6 Å². The minimum absolute atomic E-state index is 0.0250. The molecule has 1 heterocycles. The quantitative estimate of drug-likeness (QED) is 0.929. The summed E-state index contributed by atoms with van der Waals surface area (Å²) in [4.78, 5) is 0. The second-order valence-electron chi connectivity index (χ2n) is 5.29. The van der Waals surface area contributed by atoms with E-state index in [0.717, 1.165) is 25.0 Å². The van der Waals surface area contributed by atoms with Crippen molar-refractivity contribution >= 4 is 21.4 Å². The average Bonchev–Trinajstić information content (AvgIpc) is 2.76. The fourth-order valence-corrected chi connectivity index (χ4v) is 4.32. The maximum Gasteiger partial charge on any atom is 0.193 e. The molecule has 2 rings (SSSR count). The molecule has 4 nitrogen and oxygen atoms in total. The number of hydrogen-bond donors (Lipinski definition) is 1. The summed E-state index contributed by atoms with van der Waals surface area (Å²) in [7, 11) is -1.10. The summed E-state index contributed by atoms with van der Waals surface area (Å²) >= 11 is 5.81. The van der Waals surface area contributed by atoms with Crippen LogP contribution in [0.2, 0.25) is 5.22 Å². The Labute approximate surface area is 119 Å². The van der Waals surface area contributed by atoms with Gasteiger partial charge in [-0.2, -0.15) is 0 Å². The SMILES string of the molecule is CNC(c1ccc(Cl)o1)C1CCCC(S(C)(=O)=O)C1. The summed E-state index contributed by atoms with van der Waals surface area (Å²) in [5.41, 5.74) is 0. The molecule has 0 amide bonds. The van der Waals surface area contributed by atoms with Gasteiger partial charge in [0.2, 0.25) is 0 Å². The Morgan fingerprint density at radius 1 is 1.42 bits per heavy atom. The summed E-state index contributed by atoms with van der Waals surface area (Å²) in [6.07, 6.45) is 4.73. The maximum atomic E-state index is 11.7. The number of furan rings is 1. The number of halogens is 1. The highest BCUT2D eigenvalue weighted by atomic mass is 35.5. The van der Waals surface area contributed by atoms with E-state index in [-0.39, 0.29) is 17.2 Å². The molecule has 3 unspecified atom stereocenters. The standard InChI is InChI=1S/C13H20ClNO3S/c1-15-13(11-6-7-12(14)18-11)9-4-3-5-10(8-9)19(2,16)17/h6-7,9-10,13,15H,3-5,8H2,1-2H3. The van der Waals surface area contributed by atoms with Crippen molar-refractivity contribution < 1.29 is 12.8 Å². The van der Waals surface area contributed by atoms with Crippen LogP contribution in [-0.2, 0) is 9.84 Å². The Hall–Kier alpha value is -0.520. The van der Waals surface area contributed by atoms with Crippen molar-refractivity contribution in [1.29, 1.82) is 0 Å². The molecular weight excluding hydrogens is 286 g/mol. The average molecular weight is 306 g/mol. The highest BCUT2D eigenvalue weighted by Crippen LogP contribution is 2.37. The van der Waals surface area contributed by atoms with Crippen LogP contribution in [0, 0.1) is 5.92 Å². The van der Waals surface area contributed by atoms with Gasteiger partial charge in [0.25, 0.3) is 0 Å². The summed E-state index contributed by atoms with van der Waals surface area (Å²) in [5, 5.41) is 3.36. The molecule has 0 saturated heterocycles. The van der Waals surface area contributed by atoms with Crippen LogP contribution in [-0.4, -0.2) is 27.0 Å². The second kappa shape index (κ2) is 5.85. The summed E-state index contributed by atoms with van der Waals surface area (Å²) < 4.78 is 28.9. The summed E-state index contributed by atoms with van der Waals surface area (Å²) in [6, 6.07) is 3.60. The van der Waals surface area contributed by atoms with Crippen molar-refractivity contribution in [3.8, 4) is 0 Å². The first-order chi connectivity index (χ1) is 8.91. The lowest BCUT2D eigenvalue weighted by Gasteiger charge is -2.32. The third-order valence-corrected chi connectivity index (χ3v) is 5.80. The molecule has 1 saturated carbocycles. The summed E-state index contributed by atoms with van der Waals surface area (Å²) in [6.45, 7) is 0. The van der Waals surface area contributed by atoms with Crippen LogP contribution < -0.4 is 5.32 Å². The van der Waals surface area contributed by atoms with E-state index in [1.54, 1.807) is 6.07 Å². The van der Waals surface area contributed by atoms with Gasteiger partial charge in [0.05, 0.1) is 11.3 Å². The highest BCUT2D eigenvalue weighted by Gasteiger charge is 2.34. The minimum atomic E-state index is -2.96. The molecule has 1 fully saturated rings. The van der Waals surface area contributed by atoms with Gasteiger partial charge >= 0.3 is 0 Å². The van der Waals surface area contributed by atoms with Gasteiger partial charge in [-0.05, 0) is 56.0 Å². The molecule has 1 aromatic rings. The van der Waals surface area contributed by atoms with Crippen LogP contribution in [0.5, 0.6) is 0 Å². The first-order valence-corrected chi connectivity index (χ1v) is 8.86. The summed E-state index contributed by atoms with van der Waals surface area (Å²) in [5.74, 6) is 1.05. The molecule has 0 aliphatic heterocycles. The van der Waals surface area contributed by atoms with Crippen molar-refractivity contribution in [3.63, 3.8) is 0 Å². The zero-order chi connectivity index (χ0) is 14.0. The third kappa shape index (κ3) is 3.52. The van der Waals surface area contributed by atoms with Crippen LogP contribution in [0.3, 0.4) is 0 Å². The molecule has 1 aliphatic carbocycles. The number of hydrogen-bond acceptors (Lipinski definition) is 4. The van der Waals surface area contributed by atoms with E-state index in [9.17, 15) is 8.42 Å². The van der Waals surface area contributed by atoms with Crippen molar-refractivity contribution in [1.82, 2.24) is 5.32 Å². The molecule has 0 spiro atoms. The molecule has 0 radical (unpaired) electrons. The molecule has 0 aromatic carbocycles. The van der Waals surface area contributed by atoms with Crippen LogP contribution in [0.15, 0.2) is 16.5 Å². The third-order valence-electron chi connectivity index (χ3n) is 3.96. The second-order valence-corrected chi connectivity index (χ2v) is 7.98. The fourth-order valence-electron chi connectivity index (χ4n) is 2.98. The fraction of sp³-hybridized carbons (Fsp3) is 0.692. The van der Waals surface area contributed by atoms with Gasteiger partial charge in [-0.25, -0.2) is 8.42 Å². The van der Waals surface area contributed by atoms with E-state index in [1.807, 2.05) is 13.1 Å². The molecule has 1 N–H and O–H groups in total. The first-order valence-electron chi connectivity index (χ1n) is 6.53. The lowest BCUT2D eigenvalue weighted by Crippen LogP contribution is -2.34. The Morgan fingerprint density at radius 2 is 2.16 bits per heavy atom. The highest BCUT2D eigenvalue weighted by molar-refractivity contribution is 7.91. The van der Waals surface area contributed by atoms with E-state index >= 15 is 0 Å². The lowest BCUT2D eigenvalue weighted by atomic mass is 9.82. The van der Waals surface area contributed by atoms with Crippen molar-refractivity contribution in [2.45, 2.75) is 37.0 Å². The Morgan fingerprint density at radius 3 is 2.68 bits per heavy atom. The number of rotatable bonds is 4. The molecule has 108 valence electrons. The molecule has 6 heteroatoms. The molecule has 0 bridgehead atoms. The van der Waals surface area contributed by atoms with Crippen LogP contribution in [0.1, 0.15) is 37.5 Å². The number of sulfone groups is 1. The van der Waals surface area contributed by atoms with Gasteiger partial charge in [-0.1, -0.05) is 6.42 Å². The largest absolute Gasteiger partial charge is 0.448 e. The monoisotopic (exact) mass is 305 g/mol. The van der Waals surface area contributed by atoms with E-state index in [0.29, 0.717) is 11.6 Å². The Balaban J connectivity index is 2.15. The lowest BCUT2D eigenvalue weighted by molar-refractivity contribution is 0.255. The van der Waals surface area contributed by atoms with E-state index in [2.05, 4.69) is 5.32 Å². The molecule has 1 aliphatic rings. The molecular formula is C13H20ClNO3S. The predicted octanol–water partition coefficient (Wildman–Crippen LogP) is 2.80. The van der Waals surface area contributed by atoms with Crippen molar-refractivity contribution in [2.75, 3.05) is 13.3 Å². The van der Waals surface area contributed by atoms with Gasteiger partial charge in [0, 0.05) is 6.26 Å². The Kier molecular flexibility index (Phi) is 4.58. The van der Waals surface area contributed by atoms with Gasteiger partial charge < -0.3 is 9.73 Å².